The van der Waals surface area contributed by atoms with Gasteiger partial charge in [0.15, 0.2) is 0 Å². The molecule has 1 heterocycles. The van der Waals surface area contributed by atoms with Gasteiger partial charge in [-0.25, -0.2) is 4.79 Å². The number of nitrogens with one attached hydrogen (secondary N) is 1. The maximum Gasteiger partial charge on any atom is 0.335 e. The van der Waals surface area contributed by atoms with Crippen molar-refractivity contribution in [1.29, 1.82) is 0 Å². The highest BCUT2D eigenvalue weighted by atomic mass is 16.4. The van der Waals surface area contributed by atoms with E-state index < -0.39 is 5.97 Å². The zero-order chi connectivity index (χ0) is 11.0. The molecule has 0 atom stereocenters. The fourth-order valence-electron chi connectivity index (χ4n) is 1.57. The van der Waals surface area contributed by atoms with E-state index in [9.17, 15) is 9.59 Å². The van der Waals surface area contributed by atoms with Crippen molar-refractivity contribution in [1.82, 2.24) is 4.98 Å². The Labute approximate surface area is 85.2 Å². The second-order valence-electron chi connectivity index (χ2n) is 3.38. The lowest BCUT2D eigenvalue weighted by molar-refractivity contribution is 0.0697. The van der Waals surface area contributed by atoms with Crippen LogP contribution < -0.4 is 5.56 Å². The quantitative estimate of drug-likeness (QED) is 0.738. The number of pyridine rings is 1. The van der Waals surface area contributed by atoms with Gasteiger partial charge in [0.25, 0.3) is 0 Å². The molecule has 2 aromatic rings. The number of hydrogen-bond acceptors (Lipinski definition) is 2. The van der Waals surface area contributed by atoms with Crippen LogP contribution in [0.3, 0.4) is 0 Å². The van der Waals surface area contributed by atoms with Gasteiger partial charge in [-0.05, 0) is 24.6 Å². The van der Waals surface area contributed by atoms with Crippen LogP contribution in [0.15, 0.2) is 29.1 Å². The maximum atomic E-state index is 11.2. The van der Waals surface area contributed by atoms with Gasteiger partial charge in [0.05, 0.1) is 5.56 Å². The molecule has 1 aromatic heterocycles. The van der Waals surface area contributed by atoms with E-state index in [2.05, 4.69) is 4.98 Å². The summed E-state index contributed by atoms with van der Waals surface area (Å²) in [6, 6.07) is 6.18. The number of carboxylic acids is 1. The van der Waals surface area contributed by atoms with Gasteiger partial charge in [-0.1, -0.05) is 6.07 Å². The van der Waals surface area contributed by atoms with Crippen LogP contribution in [0.5, 0.6) is 0 Å². The van der Waals surface area contributed by atoms with E-state index in [1.807, 2.05) is 6.92 Å². The van der Waals surface area contributed by atoms with Crippen LogP contribution in [-0.4, -0.2) is 16.1 Å². The van der Waals surface area contributed by atoms with E-state index in [-0.39, 0.29) is 11.1 Å². The van der Waals surface area contributed by atoms with Gasteiger partial charge < -0.3 is 10.1 Å². The molecule has 0 saturated carbocycles. The molecule has 0 aliphatic carbocycles. The molecular weight excluding hydrogens is 194 g/mol. The number of benzene rings is 1. The number of aromatic amines is 1. The molecule has 0 spiro atoms. The molecule has 0 unspecified atom stereocenters. The van der Waals surface area contributed by atoms with Gasteiger partial charge >= 0.3 is 5.97 Å². The number of rotatable bonds is 1. The predicted octanol–water partition coefficient (Wildman–Crippen LogP) is 1.53. The normalized spacial score (nSPS) is 10.5. The molecule has 0 radical (unpaired) electrons. The van der Waals surface area contributed by atoms with E-state index >= 15 is 0 Å². The fourth-order valence-corrected chi connectivity index (χ4v) is 1.57. The number of hydrogen-bond donors (Lipinski definition) is 2. The molecule has 76 valence electrons. The lowest BCUT2D eigenvalue weighted by Gasteiger charge is -2.02. The van der Waals surface area contributed by atoms with Crippen molar-refractivity contribution >= 4 is 16.9 Å². The second kappa shape index (κ2) is 3.24. The number of fused-ring (bicyclic) bond motifs is 1. The Hall–Kier alpha value is -2.10. The Kier molecular flexibility index (Phi) is 2.04. The molecule has 0 amide bonds. The molecular formula is C11H9NO3. The maximum absolute atomic E-state index is 11.2. The summed E-state index contributed by atoms with van der Waals surface area (Å²) >= 11 is 0. The third kappa shape index (κ3) is 1.61. The van der Waals surface area contributed by atoms with Crippen molar-refractivity contribution in [2.75, 3.05) is 0 Å². The Bertz CT molecular complexity index is 598. The first kappa shape index (κ1) is 9.45. The molecule has 2 rings (SSSR count). The highest BCUT2D eigenvalue weighted by molar-refractivity contribution is 5.93. The molecule has 1 aromatic carbocycles. The second-order valence-corrected chi connectivity index (χ2v) is 3.38. The van der Waals surface area contributed by atoms with Gasteiger partial charge in [0.2, 0.25) is 5.56 Å². The molecule has 0 bridgehead atoms. The van der Waals surface area contributed by atoms with Gasteiger partial charge in [-0.3, -0.25) is 4.79 Å². The predicted molar refractivity (Wildman–Crippen MR) is 56.3 cm³/mol. The monoisotopic (exact) mass is 203 g/mol. The summed E-state index contributed by atoms with van der Waals surface area (Å²) in [7, 11) is 0. The van der Waals surface area contributed by atoms with Crippen molar-refractivity contribution in [2.24, 2.45) is 0 Å². The van der Waals surface area contributed by atoms with Crippen LogP contribution in [0.25, 0.3) is 10.9 Å². The number of aromatic carboxylic acids is 1. The summed E-state index contributed by atoms with van der Waals surface area (Å²) in [6.45, 7) is 1.82. The minimum Gasteiger partial charge on any atom is -0.478 e. The molecule has 0 aliphatic rings. The average Bonchev–Trinajstić information content (AvgIpc) is 2.16. The van der Waals surface area contributed by atoms with Gasteiger partial charge in [0.1, 0.15) is 0 Å². The third-order valence-corrected chi connectivity index (χ3v) is 2.30. The van der Waals surface area contributed by atoms with Gasteiger partial charge in [-0.2, -0.15) is 0 Å². The minimum atomic E-state index is -1.00. The number of aryl methyl sites for hydroxylation is 1. The van der Waals surface area contributed by atoms with Crippen molar-refractivity contribution in [3.05, 3.63) is 45.7 Å². The molecule has 4 nitrogen and oxygen atoms in total. The summed E-state index contributed by atoms with van der Waals surface area (Å²) in [5.74, 6) is -1.00. The highest BCUT2D eigenvalue weighted by Crippen LogP contribution is 2.15. The SMILES string of the molecule is Cc1cc(=O)[nH]c2cc(C(=O)O)ccc12. The molecule has 2 N–H and O–H groups in total. The Morgan fingerprint density at radius 3 is 2.73 bits per heavy atom. The van der Waals surface area contributed by atoms with E-state index in [1.165, 1.54) is 18.2 Å². The van der Waals surface area contributed by atoms with Crippen molar-refractivity contribution in [2.45, 2.75) is 6.92 Å². The number of aromatic nitrogens is 1. The Balaban J connectivity index is 2.82. The first-order valence-electron chi connectivity index (χ1n) is 4.45. The van der Waals surface area contributed by atoms with Crippen molar-refractivity contribution in [3.8, 4) is 0 Å². The summed E-state index contributed by atoms with van der Waals surface area (Å²) in [5.41, 5.74) is 1.34. The average molecular weight is 203 g/mol. The summed E-state index contributed by atoms with van der Waals surface area (Å²) in [4.78, 5) is 24.5. The standard InChI is InChI=1S/C11H9NO3/c1-6-4-10(13)12-9-5-7(11(14)15)2-3-8(6)9/h2-5H,1H3,(H,12,13)(H,14,15). The lowest BCUT2D eigenvalue weighted by Crippen LogP contribution is -2.06. The Morgan fingerprint density at radius 2 is 2.07 bits per heavy atom. The zero-order valence-corrected chi connectivity index (χ0v) is 8.07. The van der Waals surface area contributed by atoms with Gasteiger partial charge in [-0.15, -0.1) is 0 Å². The number of H-pyrrole nitrogens is 1. The van der Waals surface area contributed by atoms with Crippen LogP contribution in [-0.2, 0) is 0 Å². The summed E-state index contributed by atoms with van der Waals surface area (Å²) < 4.78 is 0. The van der Waals surface area contributed by atoms with E-state index in [4.69, 9.17) is 5.11 Å². The molecule has 0 fully saturated rings. The zero-order valence-electron chi connectivity index (χ0n) is 8.07. The number of carboxylic acid groups (broad SMARTS) is 1. The first-order valence-corrected chi connectivity index (χ1v) is 4.45. The molecule has 15 heavy (non-hydrogen) atoms. The van der Waals surface area contributed by atoms with Gasteiger partial charge in [0, 0.05) is 17.0 Å². The fraction of sp³-hybridized carbons (Fsp3) is 0.0909. The van der Waals surface area contributed by atoms with Crippen LogP contribution >= 0.6 is 0 Å². The van der Waals surface area contributed by atoms with E-state index in [1.54, 1.807) is 6.07 Å². The Morgan fingerprint density at radius 1 is 1.33 bits per heavy atom. The summed E-state index contributed by atoms with van der Waals surface area (Å²) in [5, 5.41) is 9.65. The largest absolute Gasteiger partial charge is 0.478 e. The minimum absolute atomic E-state index is 0.170. The smallest absolute Gasteiger partial charge is 0.335 e. The van der Waals surface area contributed by atoms with Crippen LogP contribution in [0.1, 0.15) is 15.9 Å². The van der Waals surface area contributed by atoms with E-state index in [0.717, 1.165) is 10.9 Å². The topological polar surface area (TPSA) is 70.2 Å². The molecule has 0 saturated heterocycles. The lowest BCUT2D eigenvalue weighted by atomic mass is 10.1. The van der Waals surface area contributed by atoms with Crippen molar-refractivity contribution < 1.29 is 9.90 Å². The molecule has 4 heteroatoms. The highest BCUT2D eigenvalue weighted by Gasteiger charge is 2.05. The molecule has 0 aliphatic heterocycles. The van der Waals surface area contributed by atoms with Crippen molar-refractivity contribution in [3.63, 3.8) is 0 Å². The number of carbonyl (C=O) groups is 1. The summed E-state index contributed by atoms with van der Waals surface area (Å²) in [6.07, 6.45) is 0. The van der Waals surface area contributed by atoms with Crippen LogP contribution in [0, 0.1) is 6.92 Å². The first-order chi connectivity index (χ1) is 7.08. The van der Waals surface area contributed by atoms with Crippen LogP contribution in [0.4, 0.5) is 0 Å². The van der Waals surface area contributed by atoms with E-state index in [0.29, 0.717) is 5.52 Å². The van der Waals surface area contributed by atoms with Crippen LogP contribution in [0.2, 0.25) is 0 Å². The third-order valence-electron chi connectivity index (χ3n) is 2.30.